The lowest BCUT2D eigenvalue weighted by molar-refractivity contribution is -0.138. The molecule has 1 aliphatic rings. The van der Waals surface area contributed by atoms with Gasteiger partial charge >= 0.3 is 5.97 Å². The summed E-state index contributed by atoms with van der Waals surface area (Å²) in [5.41, 5.74) is 0. The number of carboxylic acid groups (broad SMARTS) is 1. The zero-order valence-corrected chi connectivity index (χ0v) is 11.4. The summed E-state index contributed by atoms with van der Waals surface area (Å²) < 4.78 is 0. The van der Waals surface area contributed by atoms with Crippen LogP contribution in [-0.4, -0.2) is 47.9 Å². The Balaban J connectivity index is 2.31. The fraction of sp³-hybridized carbons (Fsp3) is 0.769. The Morgan fingerprint density at radius 3 is 2.58 bits per heavy atom. The van der Waals surface area contributed by atoms with Crippen LogP contribution >= 0.6 is 0 Å². The van der Waals surface area contributed by atoms with Gasteiger partial charge in [-0.2, -0.15) is 0 Å². The van der Waals surface area contributed by atoms with Crippen LogP contribution in [0, 0.1) is 5.92 Å². The molecule has 1 saturated heterocycles. The Labute approximate surface area is 113 Å². The van der Waals surface area contributed by atoms with E-state index in [0.29, 0.717) is 32.4 Å². The number of nitrogens with zero attached hydrogens (tertiary/aromatic N) is 1. The molecule has 6 heteroatoms. The lowest BCUT2D eigenvalue weighted by Gasteiger charge is -2.31. The van der Waals surface area contributed by atoms with E-state index in [2.05, 4.69) is 5.32 Å². The number of carbonyl (C=O) groups is 3. The maximum absolute atomic E-state index is 11.9. The summed E-state index contributed by atoms with van der Waals surface area (Å²) in [6.45, 7) is 1.18. The van der Waals surface area contributed by atoms with Crippen LogP contribution in [0.3, 0.4) is 0 Å². The minimum absolute atomic E-state index is 0.0108. The highest BCUT2D eigenvalue weighted by Crippen LogP contribution is 2.18. The van der Waals surface area contributed by atoms with Gasteiger partial charge in [0.1, 0.15) is 0 Å². The zero-order chi connectivity index (χ0) is 14.3. The van der Waals surface area contributed by atoms with Gasteiger partial charge in [0.25, 0.3) is 0 Å². The third-order valence-electron chi connectivity index (χ3n) is 3.42. The van der Waals surface area contributed by atoms with Crippen molar-refractivity contribution in [2.45, 2.75) is 38.5 Å². The lowest BCUT2D eigenvalue weighted by atomic mass is 9.97. The number of unbranched alkanes of at least 4 members (excludes halogenated alkanes) is 1. The SMILES string of the molecule is CNC(=O)C1CCCN(C(=O)CCCCC(=O)O)C1. The molecule has 1 heterocycles. The molecule has 0 aromatic heterocycles. The molecule has 0 spiro atoms. The Morgan fingerprint density at radius 1 is 1.26 bits per heavy atom. The number of amides is 2. The van der Waals surface area contributed by atoms with E-state index in [1.807, 2.05) is 0 Å². The van der Waals surface area contributed by atoms with Crippen molar-refractivity contribution in [1.82, 2.24) is 10.2 Å². The highest BCUT2D eigenvalue weighted by atomic mass is 16.4. The predicted octanol–water partition coefficient (Wildman–Crippen LogP) is 0.616. The number of nitrogens with one attached hydrogen (secondary N) is 1. The lowest BCUT2D eigenvalue weighted by Crippen LogP contribution is -2.44. The number of hydrogen-bond acceptors (Lipinski definition) is 3. The summed E-state index contributed by atoms with van der Waals surface area (Å²) in [5.74, 6) is -0.922. The molecule has 0 aliphatic carbocycles. The second kappa shape index (κ2) is 7.76. The molecule has 1 rings (SSSR count). The van der Waals surface area contributed by atoms with Crippen LogP contribution in [0.2, 0.25) is 0 Å². The first-order chi connectivity index (χ1) is 9.04. The van der Waals surface area contributed by atoms with Crippen LogP contribution in [0.1, 0.15) is 38.5 Å². The standard InChI is InChI=1S/C13H22N2O4/c1-14-13(19)10-5-4-8-15(9-10)11(16)6-2-3-7-12(17)18/h10H,2-9H2,1H3,(H,14,19)(H,17,18). The van der Waals surface area contributed by atoms with E-state index in [9.17, 15) is 14.4 Å². The van der Waals surface area contributed by atoms with Gasteiger partial charge in [-0.25, -0.2) is 0 Å². The van der Waals surface area contributed by atoms with Crippen LogP contribution in [0.5, 0.6) is 0 Å². The molecular formula is C13H22N2O4. The Morgan fingerprint density at radius 2 is 1.95 bits per heavy atom. The van der Waals surface area contributed by atoms with Crippen LogP contribution in [0.4, 0.5) is 0 Å². The van der Waals surface area contributed by atoms with E-state index in [-0.39, 0.29) is 24.2 Å². The molecule has 108 valence electrons. The third-order valence-corrected chi connectivity index (χ3v) is 3.42. The monoisotopic (exact) mass is 270 g/mol. The number of carbonyl (C=O) groups excluding carboxylic acids is 2. The van der Waals surface area contributed by atoms with E-state index >= 15 is 0 Å². The average Bonchev–Trinajstić information content (AvgIpc) is 2.42. The van der Waals surface area contributed by atoms with Crippen LogP contribution in [0.15, 0.2) is 0 Å². The highest BCUT2D eigenvalue weighted by molar-refractivity contribution is 5.81. The Hall–Kier alpha value is -1.59. The fourth-order valence-corrected chi connectivity index (χ4v) is 2.33. The minimum atomic E-state index is -0.829. The number of carboxylic acids is 1. The summed E-state index contributed by atoms with van der Waals surface area (Å²) in [6.07, 6.45) is 3.25. The van der Waals surface area contributed by atoms with Crippen molar-refractivity contribution in [3.8, 4) is 0 Å². The van der Waals surface area contributed by atoms with Gasteiger partial charge in [0.2, 0.25) is 11.8 Å². The molecule has 0 saturated carbocycles. The maximum Gasteiger partial charge on any atom is 0.303 e. The molecule has 0 aromatic carbocycles. The second-order valence-corrected chi connectivity index (χ2v) is 4.89. The van der Waals surface area contributed by atoms with Crippen molar-refractivity contribution in [2.24, 2.45) is 5.92 Å². The van der Waals surface area contributed by atoms with E-state index in [0.717, 1.165) is 12.8 Å². The number of rotatable bonds is 6. The Kier molecular flexibility index (Phi) is 6.32. The molecule has 19 heavy (non-hydrogen) atoms. The predicted molar refractivity (Wildman–Crippen MR) is 69.5 cm³/mol. The summed E-state index contributed by atoms with van der Waals surface area (Å²) in [5, 5.41) is 11.1. The number of aliphatic carboxylic acids is 1. The van der Waals surface area contributed by atoms with Gasteiger partial charge in [-0.1, -0.05) is 0 Å². The van der Waals surface area contributed by atoms with E-state index < -0.39 is 5.97 Å². The van der Waals surface area contributed by atoms with Gasteiger partial charge in [-0.15, -0.1) is 0 Å². The van der Waals surface area contributed by atoms with Crippen molar-refractivity contribution in [3.05, 3.63) is 0 Å². The molecule has 0 aromatic rings. The fourth-order valence-electron chi connectivity index (χ4n) is 2.33. The van der Waals surface area contributed by atoms with Crippen molar-refractivity contribution in [3.63, 3.8) is 0 Å². The second-order valence-electron chi connectivity index (χ2n) is 4.89. The zero-order valence-electron chi connectivity index (χ0n) is 11.4. The van der Waals surface area contributed by atoms with Gasteiger partial charge < -0.3 is 15.3 Å². The van der Waals surface area contributed by atoms with Crippen molar-refractivity contribution in [2.75, 3.05) is 20.1 Å². The molecule has 0 radical (unpaired) electrons. The number of hydrogen-bond donors (Lipinski definition) is 2. The topological polar surface area (TPSA) is 86.7 Å². The quantitative estimate of drug-likeness (QED) is 0.693. The van der Waals surface area contributed by atoms with Gasteiger partial charge in [-0.05, 0) is 25.7 Å². The van der Waals surface area contributed by atoms with Gasteiger partial charge in [-0.3, -0.25) is 14.4 Å². The van der Waals surface area contributed by atoms with E-state index in [1.54, 1.807) is 11.9 Å². The molecule has 1 atom stereocenters. The van der Waals surface area contributed by atoms with Crippen LogP contribution < -0.4 is 5.32 Å². The molecule has 1 unspecified atom stereocenters. The maximum atomic E-state index is 11.9. The van der Waals surface area contributed by atoms with Gasteiger partial charge in [0.15, 0.2) is 0 Å². The number of likely N-dealkylation sites (tertiary alicyclic amines) is 1. The molecule has 6 nitrogen and oxygen atoms in total. The summed E-state index contributed by atoms with van der Waals surface area (Å²) in [4.78, 5) is 35.6. The minimum Gasteiger partial charge on any atom is -0.481 e. The first-order valence-electron chi connectivity index (χ1n) is 6.75. The van der Waals surface area contributed by atoms with E-state index in [1.165, 1.54) is 0 Å². The Bertz CT molecular complexity index is 344. The molecule has 1 fully saturated rings. The van der Waals surface area contributed by atoms with Gasteiger partial charge in [0, 0.05) is 33.0 Å². The smallest absolute Gasteiger partial charge is 0.303 e. The summed E-state index contributed by atoms with van der Waals surface area (Å²) in [6, 6.07) is 0. The largest absolute Gasteiger partial charge is 0.481 e. The molecular weight excluding hydrogens is 248 g/mol. The van der Waals surface area contributed by atoms with Crippen LogP contribution in [0.25, 0.3) is 0 Å². The molecule has 0 bridgehead atoms. The molecule has 2 N–H and O–H groups in total. The normalized spacial score (nSPS) is 19.0. The summed E-state index contributed by atoms with van der Waals surface area (Å²) >= 11 is 0. The molecule has 2 amide bonds. The summed E-state index contributed by atoms with van der Waals surface area (Å²) in [7, 11) is 1.61. The first kappa shape index (κ1) is 15.5. The highest BCUT2D eigenvalue weighted by Gasteiger charge is 2.27. The van der Waals surface area contributed by atoms with Crippen molar-refractivity contribution in [1.29, 1.82) is 0 Å². The van der Waals surface area contributed by atoms with E-state index in [4.69, 9.17) is 5.11 Å². The third kappa shape index (κ3) is 5.28. The average molecular weight is 270 g/mol. The van der Waals surface area contributed by atoms with Gasteiger partial charge in [0.05, 0.1) is 5.92 Å². The molecule has 1 aliphatic heterocycles. The first-order valence-corrected chi connectivity index (χ1v) is 6.75. The van der Waals surface area contributed by atoms with Crippen molar-refractivity contribution < 1.29 is 19.5 Å². The number of piperidine rings is 1. The van der Waals surface area contributed by atoms with Crippen LogP contribution in [-0.2, 0) is 14.4 Å². The van der Waals surface area contributed by atoms with Crippen molar-refractivity contribution >= 4 is 17.8 Å².